The van der Waals surface area contributed by atoms with Gasteiger partial charge in [-0.1, -0.05) is 43.2 Å². The largest absolute Gasteiger partial charge is 0.353 e. The Morgan fingerprint density at radius 2 is 1.93 bits per heavy atom. The molecule has 1 aliphatic rings. The smallest absolute Gasteiger partial charge is 0.220 e. The van der Waals surface area contributed by atoms with Crippen LogP contribution in [0.15, 0.2) is 48.7 Å². The van der Waals surface area contributed by atoms with Crippen LogP contribution < -0.4 is 5.32 Å². The molecule has 0 bridgehead atoms. The molecule has 0 spiro atoms. The SMILES string of the molecule is O=C(CCCc1nc2cccnc2n1Cc1ccccc1)NC1CCCC1. The molecule has 27 heavy (non-hydrogen) atoms. The number of nitrogens with one attached hydrogen (secondary N) is 1. The molecule has 1 fully saturated rings. The van der Waals surface area contributed by atoms with Crippen molar-refractivity contribution in [3.63, 3.8) is 0 Å². The van der Waals surface area contributed by atoms with E-state index in [0.29, 0.717) is 12.5 Å². The van der Waals surface area contributed by atoms with Gasteiger partial charge in [-0.2, -0.15) is 0 Å². The molecule has 0 unspecified atom stereocenters. The first-order chi connectivity index (χ1) is 13.3. The van der Waals surface area contributed by atoms with Gasteiger partial charge in [-0.05, 0) is 37.0 Å². The molecular formula is C22H26N4O. The minimum Gasteiger partial charge on any atom is -0.353 e. The Morgan fingerprint density at radius 1 is 1.11 bits per heavy atom. The summed E-state index contributed by atoms with van der Waals surface area (Å²) >= 11 is 0. The maximum atomic E-state index is 12.2. The molecule has 4 rings (SSSR count). The minimum atomic E-state index is 0.172. The second kappa shape index (κ2) is 8.33. The Kier molecular flexibility index (Phi) is 5.47. The lowest BCUT2D eigenvalue weighted by Crippen LogP contribution is -2.32. The van der Waals surface area contributed by atoms with Crippen molar-refractivity contribution in [3.8, 4) is 0 Å². The van der Waals surface area contributed by atoms with Crippen molar-refractivity contribution in [1.29, 1.82) is 0 Å². The second-order valence-corrected chi connectivity index (χ2v) is 7.35. The number of pyridine rings is 1. The van der Waals surface area contributed by atoms with E-state index in [0.717, 1.165) is 49.2 Å². The van der Waals surface area contributed by atoms with Crippen LogP contribution >= 0.6 is 0 Å². The number of carbonyl (C=O) groups excluding carboxylic acids is 1. The quantitative estimate of drug-likeness (QED) is 0.694. The summed E-state index contributed by atoms with van der Waals surface area (Å²) in [5.41, 5.74) is 3.05. The fraction of sp³-hybridized carbons (Fsp3) is 0.409. The van der Waals surface area contributed by atoms with Crippen LogP contribution in [-0.4, -0.2) is 26.5 Å². The maximum absolute atomic E-state index is 12.2. The van der Waals surface area contributed by atoms with Crippen molar-refractivity contribution in [2.75, 3.05) is 0 Å². The van der Waals surface area contributed by atoms with E-state index in [1.807, 2.05) is 24.4 Å². The predicted octanol–water partition coefficient (Wildman–Crippen LogP) is 3.86. The molecule has 1 aliphatic carbocycles. The number of aromatic nitrogens is 3. The fourth-order valence-corrected chi connectivity index (χ4v) is 3.91. The van der Waals surface area contributed by atoms with Crippen LogP contribution in [0.5, 0.6) is 0 Å². The van der Waals surface area contributed by atoms with Crippen molar-refractivity contribution in [1.82, 2.24) is 19.9 Å². The topological polar surface area (TPSA) is 59.8 Å². The van der Waals surface area contributed by atoms with Crippen LogP contribution in [0.4, 0.5) is 0 Å². The second-order valence-electron chi connectivity index (χ2n) is 7.35. The minimum absolute atomic E-state index is 0.172. The maximum Gasteiger partial charge on any atom is 0.220 e. The summed E-state index contributed by atoms with van der Waals surface area (Å²) in [4.78, 5) is 21.5. The molecule has 0 aliphatic heterocycles. The van der Waals surface area contributed by atoms with E-state index in [9.17, 15) is 4.79 Å². The Morgan fingerprint density at radius 3 is 2.74 bits per heavy atom. The number of hydrogen-bond donors (Lipinski definition) is 1. The van der Waals surface area contributed by atoms with Crippen LogP contribution in [0.3, 0.4) is 0 Å². The average molecular weight is 362 g/mol. The number of nitrogens with zero attached hydrogens (tertiary/aromatic N) is 3. The molecule has 1 N–H and O–H groups in total. The van der Waals surface area contributed by atoms with E-state index < -0.39 is 0 Å². The van der Waals surface area contributed by atoms with Crippen molar-refractivity contribution in [2.45, 2.75) is 57.5 Å². The Labute approximate surface area is 159 Å². The van der Waals surface area contributed by atoms with Crippen molar-refractivity contribution < 1.29 is 4.79 Å². The number of fused-ring (bicyclic) bond motifs is 1. The van der Waals surface area contributed by atoms with Gasteiger partial charge in [0, 0.05) is 25.1 Å². The van der Waals surface area contributed by atoms with Gasteiger partial charge in [-0.15, -0.1) is 0 Å². The average Bonchev–Trinajstić information content (AvgIpc) is 3.31. The molecular weight excluding hydrogens is 336 g/mol. The monoisotopic (exact) mass is 362 g/mol. The first-order valence-corrected chi connectivity index (χ1v) is 9.93. The number of rotatable bonds is 7. The normalized spacial score (nSPS) is 14.7. The number of hydrogen-bond acceptors (Lipinski definition) is 3. The van der Waals surface area contributed by atoms with Crippen LogP contribution in [0.25, 0.3) is 11.2 Å². The molecule has 0 atom stereocenters. The van der Waals surface area contributed by atoms with Gasteiger partial charge in [0.1, 0.15) is 11.3 Å². The molecule has 1 saturated carbocycles. The van der Waals surface area contributed by atoms with Gasteiger partial charge >= 0.3 is 0 Å². The third kappa shape index (κ3) is 4.35. The van der Waals surface area contributed by atoms with E-state index in [2.05, 4.69) is 39.1 Å². The van der Waals surface area contributed by atoms with Gasteiger partial charge in [-0.25, -0.2) is 9.97 Å². The number of carbonyl (C=O) groups is 1. The number of amides is 1. The third-order valence-corrected chi connectivity index (χ3v) is 5.29. The van der Waals surface area contributed by atoms with Gasteiger partial charge in [0.15, 0.2) is 5.65 Å². The van der Waals surface area contributed by atoms with Gasteiger partial charge < -0.3 is 9.88 Å². The van der Waals surface area contributed by atoms with E-state index in [4.69, 9.17) is 4.98 Å². The van der Waals surface area contributed by atoms with Crippen LogP contribution in [0, 0.1) is 0 Å². The molecule has 5 nitrogen and oxygen atoms in total. The summed E-state index contributed by atoms with van der Waals surface area (Å²) in [7, 11) is 0. The van der Waals surface area contributed by atoms with E-state index in [-0.39, 0.29) is 5.91 Å². The highest BCUT2D eigenvalue weighted by molar-refractivity contribution is 5.76. The molecule has 0 radical (unpaired) electrons. The van der Waals surface area contributed by atoms with Crippen LogP contribution in [0.2, 0.25) is 0 Å². The van der Waals surface area contributed by atoms with E-state index in [1.165, 1.54) is 18.4 Å². The molecule has 3 aromatic rings. The van der Waals surface area contributed by atoms with Crippen molar-refractivity contribution >= 4 is 17.1 Å². The molecule has 140 valence electrons. The van der Waals surface area contributed by atoms with Crippen LogP contribution in [-0.2, 0) is 17.8 Å². The lowest BCUT2D eigenvalue weighted by molar-refractivity contribution is -0.121. The molecule has 2 aromatic heterocycles. The summed E-state index contributed by atoms with van der Waals surface area (Å²) in [5.74, 6) is 1.17. The number of imidazole rings is 1. The zero-order valence-electron chi connectivity index (χ0n) is 15.6. The first kappa shape index (κ1) is 17.7. The molecule has 1 amide bonds. The van der Waals surface area contributed by atoms with Crippen LogP contribution in [0.1, 0.15) is 49.9 Å². The highest BCUT2D eigenvalue weighted by atomic mass is 16.1. The van der Waals surface area contributed by atoms with E-state index >= 15 is 0 Å². The molecule has 1 aromatic carbocycles. The van der Waals surface area contributed by atoms with Gasteiger partial charge in [-0.3, -0.25) is 4.79 Å². The summed E-state index contributed by atoms with van der Waals surface area (Å²) in [6.45, 7) is 0.748. The zero-order valence-corrected chi connectivity index (χ0v) is 15.6. The molecule has 0 saturated heterocycles. The van der Waals surface area contributed by atoms with Gasteiger partial charge in [0.05, 0.1) is 6.54 Å². The standard InChI is InChI=1S/C22H26N4O/c27-21(24-18-10-4-5-11-18)14-6-13-20-25-19-12-7-15-23-22(19)26(20)16-17-8-2-1-3-9-17/h1-3,7-9,12,15,18H,4-6,10-11,13-14,16H2,(H,24,27). The van der Waals surface area contributed by atoms with Crippen molar-refractivity contribution in [3.05, 3.63) is 60.0 Å². The lowest BCUT2D eigenvalue weighted by atomic mass is 10.2. The van der Waals surface area contributed by atoms with E-state index in [1.54, 1.807) is 0 Å². The summed E-state index contributed by atoms with van der Waals surface area (Å²) in [6.07, 6.45) is 8.68. The fourth-order valence-electron chi connectivity index (χ4n) is 3.91. The predicted molar refractivity (Wildman–Crippen MR) is 106 cm³/mol. The summed E-state index contributed by atoms with van der Waals surface area (Å²) in [6, 6.07) is 14.7. The molecule has 2 heterocycles. The van der Waals surface area contributed by atoms with Crippen molar-refractivity contribution in [2.24, 2.45) is 0 Å². The summed E-state index contributed by atoms with van der Waals surface area (Å²) in [5, 5.41) is 3.17. The third-order valence-electron chi connectivity index (χ3n) is 5.29. The van der Waals surface area contributed by atoms with Gasteiger partial charge in [0.2, 0.25) is 5.91 Å². The highest BCUT2D eigenvalue weighted by Gasteiger charge is 2.17. The molecule has 5 heteroatoms. The Bertz CT molecular complexity index is 897. The highest BCUT2D eigenvalue weighted by Crippen LogP contribution is 2.19. The summed E-state index contributed by atoms with van der Waals surface area (Å²) < 4.78 is 2.18. The van der Waals surface area contributed by atoms with Gasteiger partial charge in [0.25, 0.3) is 0 Å². The lowest BCUT2D eigenvalue weighted by Gasteiger charge is -2.12. The number of aryl methyl sites for hydroxylation is 1. The Balaban J connectivity index is 1.44. The Hall–Kier alpha value is -2.69. The number of benzene rings is 1. The first-order valence-electron chi connectivity index (χ1n) is 9.93. The zero-order chi connectivity index (χ0) is 18.5.